The number of benzene rings is 2. The summed E-state index contributed by atoms with van der Waals surface area (Å²) in [5.41, 5.74) is 2.65. The summed E-state index contributed by atoms with van der Waals surface area (Å²) in [6.45, 7) is 1.87. The number of halogens is 1. The van der Waals surface area contributed by atoms with Gasteiger partial charge in [0.25, 0.3) is 5.69 Å². The first-order valence-electron chi connectivity index (χ1n) is 10.1. The number of fused-ring (bicyclic) bond motifs is 1. The van der Waals surface area contributed by atoms with Gasteiger partial charge in [0.15, 0.2) is 0 Å². The molecule has 1 aliphatic rings. The van der Waals surface area contributed by atoms with Gasteiger partial charge in [-0.3, -0.25) is 19.8 Å². The van der Waals surface area contributed by atoms with E-state index in [0.717, 1.165) is 37.2 Å². The second-order valence-electron chi connectivity index (χ2n) is 7.68. The van der Waals surface area contributed by atoms with Gasteiger partial charge >= 0.3 is 0 Å². The summed E-state index contributed by atoms with van der Waals surface area (Å²) >= 11 is 6.06. The SMILES string of the molecule is COc1ccc2[nH]cc(C3CCN(CC(=O)Nc4ccc([N+](=O)[O-])cc4Cl)CC3)c2c1. The van der Waals surface area contributed by atoms with E-state index < -0.39 is 4.92 Å². The summed E-state index contributed by atoms with van der Waals surface area (Å²) in [5.74, 6) is 1.07. The molecule has 162 valence electrons. The number of carbonyl (C=O) groups excluding carboxylic acids is 1. The molecule has 2 heterocycles. The highest BCUT2D eigenvalue weighted by Gasteiger charge is 2.24. The minimum absolute atomic E-state index is 0.111. The van der Waals surface area contributed by atoms with Gasteiger partial charge in [-0.25, -0.2) is 0 Å². The Morgan fingerprint density at radius 2 is 2.06 bits per heavy atom. The standard InChI is InChI=1S/C22H23ClN4O4/c1-31-16-3-5-20-17(11-16)18(12-24-20)14-6-8-26(9-7-14)13-22(28)25-21-4-2-15(27(29)30)10-19(21)23/h2-5,10-12,14,24H,6-9,13H2,1H3,(H,25,28). The van der Waals surface area contributed by atoms with Crippen LogP contribution in [0.1, 0.15) is 24.3 Å². The highest BCUT2D eigenvalue weighted by Crippen LogP contribution is 2.34. The van der Waals surface area contributed by atoms with Crippen molar-refractivity contribution >= 4 is 39.8 Å². The van der Waals surface area contributed by atoms with E-state index in [1.54, 1.807) is 7.11 Å². The predicted molar refractivity (Wildman–Crippen MR) is 120 cm³/mol. The van der Waals surface area contributed by atoms with Gasteiger partial charge in [-0.05, 0) is 61.7 Å². The number of H-pyrrole nitrogens is 1. The minimum Gasteiger partial charge on any atom is -0.497 e. The molecular weight excluding hydrogens is 420 g/mol. The van der Waals surface area contributed by atoms with Crippen LogP contribution >= 0.6 is 11.6 Å². The molecule has 1 aliphatic heterocycles. The Morgan fingerprint density at radius 1 is 1.29 bits per heavy atom. The number of hydrogen-bond acceptors (Lipinski definition) is 5. The highest BCUT2D eigenvalue weighted by atomic mass is 35.5. The first kappa shape index (κ1) is 21.1. The maximum atomic E-state index is 12.4. The molecule has 31 heavy (non-hydrogen) atoms. The molecule has 0 atom stereocenters. The molecule has 3 aromatic rings. The number of aromatic nitrogens is 1. The Hall–Kier alpha value is -3.10. The number of piperidine rings is 1. The number of anilines is 1. The Labute approximate surface area is 184 Å². The van der Waals surface area contributed by atoms with Crippen LogP contribution < -0.4 is 10.1 Å². The highest BCUT2D eigenvalue weighted by molar-refractivity contribution is 6.34. The summed E-state index contributed by atoms with van der Waals surface area (Å²) in [6, 6.07) is 10.0. The molecular formula is C22H23ClN4O4. The Kier molecular flexibility index (Phi) is 6.11. The van der Waals surface area contributed by atoms with Crippen molar-refractivity contribution < 1.29 is 14.5 Å². The van der Waals surface area contributed by atoms with E-state index in [9.17, 15) is 14.9 Å². The van der Waals surface area contributed by atoms with E-state index in [1.165, 1.54) is 29.1 Å². The number of likely N-dealkylation sites (tertiary alicyclic amines) is 1. The van der Waals surface area contributed by atoms with Gasteiger partial charge in [-0.2, -0.15) is 0 Å². The molecule has 0 unspecified atom stereocenters. The lowest BCUT2D eigenvalue weighted by Crippen LogP contribution is -2.38. The van der Waals surface area contributed by atoms with Crippen molar-refractivity contribution in [1.29, 1.82) is 0 Å². The van der Waals surface area contributed by atoms with E-state index in [-0.39, 0.29) is 23.2 Å². The van der Waals surface area contributed by atoms with Gasteiger partial charge in [0, 0.05) is 29.2 Å². The van der Waals surface area contributed by atoms with E-state index >= 15 is 0 Å². The van der Waals surface area contributed by atoms with E-state index in [4.69, 9.17) is 16.3 Å². The number of amides is 1. The number of nitro groups is 1. The zero-order valence-electron chi connectivity index (χ0n) is 17.1. The maximum Gasteiger partial charge on any atom is 0.271 e. The predicted octanol–water partition coefficient (Wildman–Crippen LogP) is 4.56. The fourth-order valence-electron chi connectivity index (χ4n) is 4.10. The van der Waals surface area contributed by atoms with E-state index in [1.807, 2.05) is 12.1 Å². The molecule has 0 saturated carbocycles. The average Bonchev–Trinajstić information content (AvgIpc) is 3.18. The smallest absolute Gasteiger partial charge is 0.271 e. The first-order valence-corrected chi connectivity index (χ1v) is 10.4. The molecule has 1 amide bonds. The van der Waals surface area contributed by atoms with Crippen LogP contribution in [-0.4, -0.2) is 47.5 Å². The lowest BCUT2D eigenvalue weighted by molar-refractivity contribution is -0.384. The van der Waals surface area contributed by atoms with Crippen LogP contribution in [0.4, 0.5) is 11.4 Å². The molecule has 4 rings (SSSR count). The quantitative estimate of drug-likeness (QED) is 0.430. The molecule has 1 aromatic heterocycles. The monoisotopic (exact) mass is 442 g/mol. The van der Waals surface area contributed by atoms with Crippen LogP contribution in [0.5, 0.6) is 5.75 Å². The van der Waals surface area contributed by atoms with Crippen molar-refractivity contribution in [2.45, 2.75) is 18.8 Å². The van der Waals surface area contributed by atoms with Gasteiger partial charge in [0.2, 0.25) is 5.91 Å². The number of nitrogens with one attached hydrogen (secondary N) is 2. The van der Waals surface area contributed by atoms with Crippen molar-refractivity contribution in [2.24, 2.45) is 0 Å². The fraction of sp³-hybridized carbons (Fsp3) is 0.318. The van der Waals surface area contributed by atoms with Gasteiger partial charge in [0.1, 0.15) is 5.75 Å². The van der Waals surface area contributed by atoms with Gasteiger partial charge < -0.3 is 15.0 Å². The van der Waals surface area contributed by atoms with Crippen molar-refractivity contribution in [3.8, 4) is 5.75 Å². The number of ether oxygens (including phenoxy) is 1. The van der Waals surface area contributed by atoms with Crippen molar-refractivity contribution in [1.82, 2.24) is 9.88 Å². The second kappa shape index (κ2) is 8.95. The van der Waals surface area contributed by atoms with Crippen LogP contribution in [0.15, 0.2) is 42.6 Å². The number of nitro benzene ring substituents is 1. The zero-order chi connectivity index (χ0) is 22.0. The Morgan fingerprint density at radius 3 is 2.74 bits per heavy atom. The van der Waals surface area contributed by atoms with Crippen molar-refractivity contribution in [2.75, 3.05) is 32.1 Å². The summed E-state index contributed by atoms with van der Waals surface area (Å²) in [7, 11) is 1.67. The summed E-state index contributed by atoms with van der Waals surface area (Å²) in [5, 5.41) is 14.9. The lowest BCUT2D eigenvalue weighted by atomic mass is 9.89. The Balaban J connectivity index is 1.34. The third kappa shape index (κ3) is 4.65. The molecule has 2 N–H and O–H groups in total. The van der Waals surface area contributed by atoms with E-state index in [0.29, 0.717) is 11.6 Å². The average molecular weight is 443 g/mol. The van der Waals surface area contributed by atoms with Gasteiger partial charge in [-0.15, -0.1) is 0 Å². The molecule has 1 fully saturated rings. The van der Waals surface area contributed by atoms with Crippen LogP contribution in [0, 0.1) is 10.1 Å². The first-order chi connectivity index (χ1) is 14.9. The molecule has 0 spiro atoms. The molecule has 2 aromatic carbocycles. The third-order valence-electron chi connectivity index (χ3n) is 5.75. The largest absolute Gasteiger partial charge is 0.497 e. The molecule has 0 bridgehead atoms. The fourth-order valence-corrected chi connectivity index (χ4v) is 4.32. The number of carbonyl (C=O) groups is 1. The third-order valence-corrected chi connectivity index (χ3v) is 6.07. The summed E-state index contributed by atoms with van der Waals surface area (Å²) in [4.78, 5) is 28.2. The topological polar surface area (TPSA) is 100 Å². The minimum atomic E-state index is -0.522. The van der Waals surface area contributed by atoms with Crippen molar-refractivity contribution in [3.05, 3.63) is 63.3 Å². The van der Waals surface area contributed by atoms with Crippen molar-refractivity contribution in [3.63, 3.8) is 0 Å². The second-order valence-corrected chi connectivity index (χ2v) is 8.08. The number of rotatable bonds is 6. The number of hydrogen-bond donors (Lipinski definition) is 2. The van der Waals surface area contributed by atoms with Crippen LogP contribution in [0.2, 0.25) is 5.02 Å². The molecule has 0 radical (unpaired) electrons. The number of nitrogens with zero attached hydrogens (tertiary/aromatic N) is 2. The molecule has 8 nitrogen and oxygen atoms in total. The zero-order valence-corrected chi connectivity index (χ0v) is 17.8. The summed E-state index contributed by atoms with van der Waals surface area (Å²) < 4.78 is 5.36. The van der Waals surface area contributed by atoms with Crippen LogP contribution in [0.3, 0.4) is 0 Å². The van der Waals surface area contributed by atoms with Crippen LogP contribution in [-0.2, 0) is 4.79 Å². The number of non-ortho nitro benzene ring substituents is 1. The molecule has 0 aliphatic carbocycles. The van der Waals surface area contributed by atoms with Gasteiger partial charge in [-0.1, -0.05) is 11.6 Å². The maximum absolute atomic E-state index is 12.4. The Bertz CT molecular complexity index is 1120. The van der Waals surface area contributed by atoms with Gasteiger partial charge in [0.05, 0.1) is 29.3 Å². The molecule has 1 saturated heterocycles. The number of methoxy groups -OCH3 is 1. The van der Waals surface area contributed by atoms with E-state index in [2.05, 4.69) is 27.5 Å². The normalized spacial score (nSPS) is 15.2. The lowest BCUT2D eigenvalue weighted by Gasteiger charge is -2.31. The summed E-state index contributed by atoms with van der Waals surface area (Å²) in [6.07, 6.45) is 3.99. The van der Waals surface area contributed by atoms with Crippen LogP contribution in [0.25, 0.3) is 10.9 Å². The molecule has 9 heteroatoms. The number of aromatic amines is 1.